The molecule has 0 spiro atoms. The van der Waals surface area contributed by atoms with Crippen LogP contribution in [0.1, 0.15) is 55.4 Å². The van der Waals surface area contributed by atoms with Crippen LogP contribution in [-0.2, 0) is 0 Å². The van der Waals surface area contributed by atoms with Gasteiger partial charge in [-0.2, -0.15) is 0 Å². The number of aryl methyl sites for hydroxylation is 1. The standard InChI is InChI=1S/C19H26N4O/c1-6-23(7-2)19-20-14(5)12-17(22-19)18(24)21-16-10-8-15(9-11-16)13(3)4/h8-13H,6-7H2,1-5H3,(H,21,24). The highest BCUT2D eigenvalue weighted by molar-refractivity contribution is 6.03. The molecule has 5 heteroatoms. The van der Waals surface area contributed by atoms with Gasteiger partial charge in [-0.25, -0.2) is 9.97 Å². The number of nitrogens with one attached hydrogen (secondary N) is 1. The van der Waals surface area contributed by atoms with E-state index in [0.717, 1.165) is 24.5 Å². The third-order valence-corrected chi connectivity index (χ3v) is 3.96. The maximum absolute atomic E-state index is 12.5. The van der Waals surface area contributed by atoms with Crippen LogP contribution < -0.4 is 10.2 Å². The van der Waals surface area contributed by atoms with Gasteiger partial charge in [0.15, 0.2) is 0 Å². The zero-order valence-corrected chi connectivity index (χ0v) is 15.1. The van der Waals surface area contributed by atoms with E-state index in [2.05, 4.69) is 29.1 Å². The van der Waals surface area contributed by atoms with Gasteiger partial charge in [0.1, 0.15) is 5.69 Å². The molecule has 0 aliphatic rings. The van der Waals surface area contributed by atoms with Gasteiger partial charge in [0.25, 0.3) is 5.91 Å². The third-order valence-electron chi connectivity index (χ3n) is 3.96. The van der Waals surface area contributed by atoms with Crippen LogP contribution in [0.4, 0.5) is 11.6 Å². The molecule has 0 unspecified atom stereocenters. The molecule has 0 aliphatic heterocycles. The summed E-state index contributed by atoms with van der Waals surface area (Å²) in [6, 6.07) is 9.63. The van der Waals surface area contributed by atoms with Gasteiger partial charge >= 0.3 is 0 Å². The first-order chi connectivity index (χ1) is 11.4. The smallest absolute Gasteiger partial charge is 0.274 e. The summed E-state index contributed by atoms with van der Waals surface area (Å²) >= 11 is 0. The number of hydrogen-bond acceptors (Lipinski definition) is 4. The van der Waals surface area contributed by atoms with Crippen LogP contribution in [0.2, 0.25) is 0 Å². The molecule has 128 valence electrons. The summed E-state index contributed by atoms with van der Waals surface area (Å²) in [6.45, 7) is 11.9. The molecule has 0 bridgehead atoms. The van der Waals surface area contributed by atoms with Gasteiger partial charge in [-0.15, -0.1) is 0 Å². The van der Waals surface area contributed by atoms with Crippen LogP contribution in [0.3, 0.4) is 0 Å². The van der Waals surface area contributed by atoms with Crippen LogP contribution in [0.5, 0.6) is 0 Å². The van der Waals surface area contributed by atoms with Crippen molar-refractivity contribution in [2.75, 3.05) is 23.3 Å². The first-order valence-electron chi connectivity index (χ1n) is 8.46. The number of anilines is 2. The highest BCUT2D eigenvalue weighted by Gasteiger charge is 2.14. The van der Waals surface area contributed by atoms with E-state index in [1.807, 2.05) is 49.9 Å². The Balaban J connectivity index is 2.20. The Hall–Kier alpha value is -2.43. The minimum absolute atomic E-state index is 0.216. The monoisotopic (exact) mass is 326 g/mol. The van der Waals surface area contributed by atoms with Gasteiger partial charge < -0.3 is 10.2 Å². The molecule has 2 rings (SSSR count). The van der Waals surface area contributed by atoms with Gasteiger partial charge in [-0.05, 0) is 50.5 Å². The Morgan fingerprint density at radius 2 is 1.75 bits per heavy atom. The molecule has 0 saturated carbocycles. The fourth-order valence-corrected chi connectivity index (χ4v) is 2.46. The minimum atomic E-state index is -0.216. The molecule has 2 aromatic rings. The number of hydrogen-bond donors (Lipinski definition) is 1. The molecule has 5 nitrogen and oxygen atoms in total. The summed E-state index contributed by atoms with van der Waals surface area (Å²) in [5, 5.41) is 2.91. The SMILES string of the molecule is CCN(CC)c1nc(C)cc(C(=O)Nc2ccc(C(C)C)cc2)n1. The van der Waals surface area contributed by atoms with Crippen molar-refractivity contribution in [2.24, 2.45) is 0 Å². The lowest BCUT2D eigenvalue weighted by Gasteiger charge is -2.19. The number of amides is 1. The van der Waals surface area contributed by atoms with Crippen molar-refractivity contribution in [3.63, 3.8) is 0 Å². The number of nitrogens with zero attached hydrogens (tertiary/aromatic N) is 3. The molecule has 1 aromatic carbocycles. The average molecular weight is 326 g/mol. The van der Waals surface area contributed by atoms with Crippen molar-refractivity contribution in [3.05, 3.63) is 47.3 Å². The first-order valence-corrected chi connectivity index (χ1v) is 8.46. The van der Waals surface area contributed by atoms with E-state index in [4.69, 9.17) is 0 Å². The lowest BCUT2D eigenvalue weighted by molar-refractivity contribution is 0.102. The zero-order chi connectivity index (χ0) is 17.7. The Morgan fingerprint density at radius 3 is 2.29 bits per heavy atom. The Labute approximate surface area is 144 Å². The van der Waals surface area contributed by atoms with Gasteiger partial charge in [-0.3, -0.25) is 4.79 Å². The summed E-state index contributed by atoms with van der Waals surface area (Å²) in [5.74, 6) is 0.849. The van der Waals surface area contributed by atoms with Crippen molar-refractivity contribution in [2.45, 2.75) is 40.5 Å². The predicted molar refractivity (Wildman–Crippen MR) is 98.8 cm³/mol. The maximum atomic E-state index is 12.5. The molecule has 0 radical (unpaired) electrons. The highest BCUT2D eigenvalue weighted by atomic mass is 16.1. The molecule has 24 heavy (non-hydrogen) atoms. The van der Waals surface area contributed by atoms with Gasteiger partial charge in [0.05, 0.1) is 0 Å². The fourth-order valence-electron chi connectivity index (χ4n) is 2.46. The number of rotatable bonds is 6. The van der Waals surface area contributed by atoms with Gasteiger partial charge in [-0.1, -0.05) is 26.0 Å². The van der Waals surface area contributed by atoms with E-state index < -0.39 is 0 Å². The predicted octanol–water partition coefficient (Wildman–Crippen LogP) is 4.01. The summed E-state index contributed by atoms with van der Waals surface area (Å²) in [6.07, 6.45) is 0. The summed E-state index contributed by atoms with van der Waals surface area (Å²) in [5.41, 5.74) is 3.18. The van der Waals surface area contributed by atoms with Gasteiger partial charge in [0, 0.05) is 24.5 Å². The number of carbonyl (C=O) groups excluding carboxylic acids is 1. The Bertz CT molecular complexity index is 691. The Kier molecular flexibility index (Phi) is 5.90. The van der Waals surface area contributed by atoms with Crippen LogP contribution in [0.15, 0.2) is 30.3 Å². The first kappa shape index (κ1) is 17.9. The molecule has 1 aromatic heterocycles. The molecular weight excluding hydrogens is 300 g/mol. The van der Waals surface area contributed by atoms with Crippen molar-refractivity contribution in [3.8, 4) is 0 Å². The quantitative estimate of drug-likeness (QED) is 0.871. The van der Waals surface area contributed by atoms with Crippen molar-refractivity contribution in [1.29, 1.82) is 0 Å². The number of aromatic nitrogens is 2. The number of carbonyl (C=O) groups is 1. The molecule has 0 saturated heterocycles. The van der Waals surface area contributed by atoms with Crippen molar-refractivity contribution >= 4 is 17.5 Å². The Morgan fingerprint density at radius 1 is 1.12 bits per heavy atom. The maximum Gasteiger partial charge on any atom is 0.274 e. The fraction of sp³-hybridized carbons (Fsp3) is 0.421. The second-order valence-electron chi connectivity index (χ2n) is 6.10. The minimum Gasteiger partial charge on any atom is -0.341 e. The number of benzene rings is 1. The molecule has 1 amide bonds. The normalized spacial score (nSPS) is 10.8. The summed E-state index contributed by atoms with van der Waals surface area (Å²) in [7, 11) is 0. The summed E-state index contributed by atoms with van der Waals surface area (Å²) in [4.78, 5) is 23.4. The molecule has 1 N–H and O–H groups in total. The second-order valence-corrected chi connectivity index (χ2v) is 6.10. The molecule has 1 heterocycles. The topological polar surface area (TPSA) is 58.1 Å². The second kappa shape index (κ2) is 7.90. The largest absolute Gasteiger partial charge is 0.341 e. The highest BCUT2D eigenvalue weighted by Crippen LogP contribution is 2.18. The van der Waals surface area contributed by atoms with Gasteiger partial charge in [0.2, 0.25) is 5.95 Å². The van der Waals surface area contributed by atoms with E-state index in [-0.39, 0.29) is 5.91 Å². The van der Waals surface area contributed by atoms with E-state index in [9.17, 15) is 4.79 Å². The molecular formula is C19H26N4O. The van der Waals surface area contributed by atoms with Crippen LogP contribution in [0, 0.1) is 6.92 Å². The van der Waals surface area contributed by atoms with Crippen molar-refractivity contribution < 1.29 is 4.79 Å². The lowest BCUT2D eigenvalue weighted by atomic mass is 10.0. The zero-order valence-electron chi connectivity index (χ0n) is 15.1. The molecule has 0 fully saturated rings. The van der Waals surface area contributed by atoms with E-state index in [1.165, 1.54) is 5.56 Å². The molecule has 0 aliphatic carbocycles. The average Bonchev–Trinajstić information content (AvgIpc) is 2.56. The molecule has 0 atom stereocenters. The van der Waals surface area contributed by atoms with Crippen LogP contribution >= 0.6 is 0 Å². The summed E-state index contributed by atoms with van der Waals surface area (Å²) < 4.78 is 0. The lowest BCUT2D eigenvalue weighted by Crippen LogP contribution is -2.26. The van der Waals surface area contributed by atoms with Crippen LogP contribution in [-0.4, -0.2) is 29.0 Å². The van der Waals surface area contributed by atoms with Crippen LogP contribution in [0.25, 0.3) is 0 Å². The van der Waals surface area contributed by atoms with E-state index >= 15 is 0 Å². The van der Waals surface area contributed by atoms with E-state index in [0.29, 0.717) is 17.6 Å². The third kappa shape index (κ3) is 4.31. The van der Waals surface area contributed by atoms with E-state index in [1.54, 1.807) is 6.07 Å². The van der Waals surface area contributed by atoms with Crippen molar-refractivity contribution in [1.82, 2.24) is 9.97 Å².